The molecule has 2 unspecified atom stereocenters. The van der Waals surface area contributed by atoms with Gasteiger partial charge in [-0.05, 0) is 12.3 Å². The summed E-state index contributed by atoms with van der Waals surface area (Å²) < 4.78 is 11.4. The monoisotopic (exact) mass is 204 g/mol. The summed E-state index contributed by atoms with van der Waals surface area (Å²) in [5.74, 6) is 1.50. The van der Waals surface area contributed by atoms with Crippen LogP contribution in [0.2, 0.25) is 0 Å². The third-order valence-electron chi connectivity index (χ3n) is 1.98. The molecule has 0 aromatic rings. The topological polar surface area (TPSA) is 34.1 Å². The van der Waals surface area contributed by atoms with Gasteiger partial charge in [0.05, 0.1) is 5.75 Å². The molecule has 0 heterocycles. The molecule has 0 spiro atoms. The SMILES string of the molecule is CCC(C)C(=O)CS(=O)CC(C)C. The maximum Gasteiger partial charge on any atom is 0.148 e. The van der Waals surface area contributed by atoms with Crippen LogP contribution in [0.5, 0.6) is 0 Å². The predicted octanol–water partition coefficient (Wildman–Crippen LogP) is 2.01. The molecule has 0 rings (SSSR count). The number of rotatable bonds is 6. The molecule has 0 N–H and O–H groups in total. The molecule has 0 saturated carbocycles. The molecule has 0 aromatic carbocycles. The van der Waals surface area contributed by atoms with E-state index in [1.807, 2.05) is 27.7 Å². The molecule has 0 aliphatic rings. The Balaban J connectivity index is 3.85. The van der Waals surface area contributed by atoms with E-state index in [0.717, 1.165) is 6.42 Å². The van der Waals surface area contributed by atoms with Crippen LogP contribution >= 0.6 is 0 Å². The van der Waals surface area contributed by atoms with Gasteiger partial charge in [0.2, 0.25) is 0 Å². The highest BCUT2D eigenvalue weighted by atomic mass is 32.2. The molecule has 3 heteroatoms. The van der Waals surface area contributed by atoms with Gasteiger partial charge < -0.3 is 0 Å². The van der Waals surface area contributed by atoms with Crippen LogP contribution in [-0.4, -0.2) is 21.5 Å². The van der Waals surface area contributed by atoms with Crippen LogP contribution in [0, 0.1) is 11.8 Å². The Morgan fingerprint density at radius 1 is 1.31 bits per heavy atom. The van der Waals surface area contributed by atoms with Gasteiger partial charge in [-0.1, -0.05) is 27.7 Å². The predicted molar refractivity (Wildman–Crippen MR) is 57.2 cm³/mol. The van der Waals surface area contributed by atoms with E-state index < -0.39 is 10.8 Å². The molecule has 0 aromatic heterocycles. The van der Waals surface area contributed by atoms with E-state index in [0.29, 0.717) is 11.7 Å². The van der Waals surface area contributed by atoms with Crippen molar-refractivity contribution >= 4 is 16.6 Å². The van der Waals surface area contributed by atoms with E-state index in [1.165, 1.54) is 0 Å². The molecule has 0 amide bonds. The summed E-state index contributed by atoms with van der Waals surface area (Å²) in [6, 6.07) is 0. The molecular weight excluding hydrogens is 184 g/mol. The van der Waals surface area contributed by atoms with Gasteiger partial charge in [-0.3, -0.25) is 9.00 Å². The van der Waals surface area contributed by atoms with Gasteiger partial charge in [-0.2, -0.15) is 0 Å². The second-order valence-corrected chi connectivity index (χ2v) is 5.42. The largest absolute Gasteiger partial charge is 0.298 e. The third kappa shape index (κ3) is 5.97. The molecule has 0 bridgehead atoms. The van der Waals surface area contributed by atoms with Crippen LogP contribution in [0.15, 0.2) is 0 Å². The number of hydrogen-bond acceptors (Lipinski definition) is 2. The van der Waals surface area contributed by atoms with Gasteiger partial charge in [0.1, 0.15) is 5.78 Å². The zero-order valence-electron chi connectivity index (χ0n) is 9.00. The fraction of sp³-hybridized carbons (Fsp3) is 0.900. The Morgan fingerprint density at radius 2 is 1.85 bits per heavy atom. The molecule has 0 saturated heterocycles. The Morgan fingerprint density at radius 3 is 2.23 bits per heavy atom. The molecule has 0 aliphatic carbocycles. The summed E-state index contributed by atoms with van der Waals surface area (Å²) >= 11 is 0. The van der Waals surface area contributed by atoms with Crippen molar-refractivity contribution in [3.05, 3.63) is 0 Å². The summed E-state index contributed by atoms with van der Waals surface area (Å²) in [6.07, 6.45) is 0.845. The van der Waals surface area contributed by atoms with Crippen LogP contribution in [0.1, 0.15) is 34.1 Å². The highest BCUT2D eigenvalue weighted by Crippen LogP contribution is 2.05. The lowest BCUT2D eigenvalue weighted by Crippen LogP contribution is -2.20. The van der Waals surface area contributed by atoms with Gasteiger partial charge in [0.15, 0.2) is 0 Å². The first kappa shape index (κ1) is 12.8. The molecule has 0 aliphatic heterocycles. The highest BCUT2D eigenvalue weighted by Gasteiger charge is 2.14. The zero-order valence-corrected chi connectivity index (χ0v) is 9.82. The lowest BCUT2D eigenvalue weighted by atomic mass is 10.1. The van der Waals surface area contributed by atoms with Crippen LogP contribution in [0.3, 0.4) is 0 Å². The van der Waals surface area contributed by atoms with Crippen molar-refractivity contribution in [1.29, 1.82) is 0 Å². The van der Waals surface area contributed by atoms with Crippen molar-refractivity contribution in [2.45, 2.75) is 34.1 Å². The van der Waals surface area contributed by atoms with Crippen molar-refractivity contribution in [3.8, 4) is 0 Å². The summed E-state index contributed by atoms with van der Waals surface area (Å²) in [6.45, 7) is 7.92. The minimum Gasteiger partial charge on any atom is -0.298 e. The lowest BCUT2D eigenvalue weighted by Gasteiger charge is -2.08. The van der Waals surface area contributed by atoms with Gasteiger partial charge in [0, 0.05) is 22.5 Å². The van der Waals surface area contributed by atoms with Gasteiger partial charge in [0.25, 0.3) is 0 Å². The third-order valence-corrected chi connectivity index (χ3v) is 3.63. The second-order valence-electron chi connectivity index (χ2n) is 3.92. The summed E-state index contributed by atoms with van der Waals surface area (Å²) in [7, 11) is -0.952. The Kier molecular flexibility index (Phi) is 6.21. The maximum atomic E-state index is 11.4. The summed E-state index contributed by atoms with van der Waals surface area (Å²) in [5.41, 5.74) is 0. The molecule has 78 valence electrons. The molecule has 13 heavy (non-hydrogen) atoms. The number of carbonyl (C=O) groups is 1. The average molecular weight is 204 g/mol. The quantitative estimate of drug-likeness (QED) is 0.663. The van der Waals surface area contributed by atoms with Gasteiger partial charge in [-0.25, -0.2) is 0 Å². The van der Waals surface area contributed by atoms with E-state index in [1.54, 1.807) is 0 Å². The van der Waals surface area contributed by atoms with Gasteiger partial charge >= 0.3 is 0 Å². The van der Waals surface area contributed by atoms with Crippen LogP contribution in [-0.2, 0) is 15.6 Å². The van der Waals surface area contributed by atoms with Crippen LogP contribution in [0.25, 0.3) is 0 Å². The molecule has 0 fully saturated rings. The number of ketones is 1. The molecule has 2 atom stereocenters. The smallest absolute Gasteiger partial charge is 0.148 e. The van der Waals surface area contributed by atoms with Crippen molar-refractivity contribution in [2.24, 2.45) is 11.8 Å². The first-order chi connectivity index (χ1) is 5.97. The number of carbonyl (C=O) groups excluding carboxylic acids is 1. The Bertz CT molecular complexity index is 187. The maximum absolute atomic E-state index is 11.4. The fourth-order valence-corrected chi connectivity index (χ4v) is 2.42. The number of hydrogen-bond donors (Lipinski definition) is 0. The Labute approximate surface area is 83.6 Å². The van der Waals surface area contributed by atoms with E-state index in [9.17, 15) is 9.00 Å². The van der Waals surface area contributed by atoms with E-state index in [-0.39, 0.29) is 17.5 Å². The van der Waals surface area contributed by atoms with Crippen molar-refractivity contribution in [2.75, 3.05) is 11.5 Å². The molecule has 2 nitrogen and oxygen atoms in total. The standard InChI is InChI=1S/C10H20O2S/c1-5-9(4)10(11)7-13(12)6-8(2)3/h8-9H,5-7H2,1-4H3. The zero-order chi connectivity index (χ0) is 10.4. The van der Waals surface area contributed by atoms with Crippen molar-refractivity contribution in [3.63, 3.8) is 0 Å². The lowest BCUT2D eigenvalue weighted by molar-refractivity contribution is -0.119. The first-order valence-electron chi connectivity index (χ1n) is 4.85. The van der Waals surface area contributed by atoms with Crippen molar-refractivity contribution < 1.29 is 9.00 Å². The van der Waals surface area contributed by atoms with Crippen LogP contribution in [0.4, 0.5) is 0 Å². The Hall–Kier alpha value is -0.180. The van der Waals surface area contributed by atoms with E-state index in [4.69, 9.17) is 0 Å². The van der Waals surface area contributed by atoms with Crippen LogP contribution < -0.4 is 0 Å². The minimum atomic E-state index is -0.952. The van der Waals surface area contributed by atoms with Gasteiger partial charge in [-0.15, -0.1) is 0 Å². The first-order valence-corrected chi connectivity index (χ1v) is 6.33. The summed E-state index contributed by atoms with van der Waals surface area (Å²) in [5, 5.41) is 0. The summed E-state index contributed by atoms with van der Waals surface area (Å²) in [4.78, 5) is 11.4. The van der Waals surface area contributed by atoms with E-state index >= 15 is 0 Å². The fourth-order valence-electron chi connectivity index (χ4n) is 0.959. The number of Topliss-reactive ketones (excluding diaryl/α,β-unsaturated/α-hetero) is 1. The average Bonchev–Trinajstić information content (AvgIpc) is 2.01. The molecular formula is C10H20O2S. The van der Waals surface area contributed by atoms with Crippen molar-refractivity contribution in [1.82, 2.24) is 0 Å². The highest BCUT2D eigenvalue weighted by molar-refractivity contribution is 7.85. The second kappa shape index (κ2) is 6.30. The molecule has 0 radical (unpaired) electrons. The van der Waals surface area contributed by atoms with E-state index in [2.05, 4.69) is 0 Å². The normalized spacial score (nSPS) is 15.8. The minimum absolute atomic E-state index is 0.0658.